The second-order valence-electron chi connectivity index (χ2n) is 3.36. The van der Waals surface area contributed by atoms with Crippen LogP contribution in [0.5, 0.6) is 0 Å². The summed E-state index contributed by atoms with van der Waals surface area (Å²) in [6.45, 7) is 3.31. The Labute approximate surface area is 87.4 Å². The molecule has 0 radical (unpaired) electrons. The van der Waals surface area contributed by atoms with Crippen molar-refractivity contribution in [3.05, 3.63) is 27.9 Å². The largest absolute Gasteiger partial charge is 0.480 e. The van der Waals surface area contributed by atoms with Gasteiger partial charge in [0.15, 0.2) is 0 Å². The van der Waals surface area contributed by atoms with Gasteiger partial charge < -0.3 is 5.11 Å². The lowest BCUT2D eigenvalue weighted by Gasteiger charge is -2.07. The number of aliphatic carboxylic acids is 1. The number of hydrogen-bond acceptors (Lipinski definition) is 3. The molecule has 0 aliphatic heterocycles. The number of aromatic nitrogens is 2. The smallest absolute Gasteiger partial charge is 0.323 e. The molecule has 1 aromatic heterocycles. The lowest BCUT2D eigenvalue weighted by atomic mass is 10.2. The second kappa shape index (κ2) is 4.72. The van der Waals surface area contributed by atoms with Crippen molar-refractivity contribution in [3.8, 4) is 0 Å². The fourth-order valence-corrected chi connectivity index (χ4v) is 1.39. The highest BCUT2D eigenvalue weighted by molar-refractivity contribution is 5.66. The van der Waals surface area contributed by atoms with E-state index in [-0.39, 0.29) is 12.1 Å². The van der Waals surface area contributed by atoms with Gasteiger partial charge >= 0.3 is 5.97 Å². The molecular formula is C10H14N2O3. The maximum atomic E-state index is 11.5. The van der Waals surface area contributed by atoms with E-state index < -0.39 is 5.97 Å². The molecule has 5 heteroatoms. The Bertz CT molecular complexity index is 423. The van der Waals surface area contributed by atoms with E-state index in [0.717, 1.165) is 23.1 Å². The molecule has 0 atom stereocenters. The van der Waals surface area contributed by atoms with E-state index in [1.165, 1.54) is 6.07 Å². The lowest BCUT2D eigenvalue weighted by Crippen LogP contribution is -2.27. The third-order valence-electron chi connectivity index (χ3n) is 2.05. The molecule has 1 aromatic rings. The molecule has 0 aromatic carbocycles. The maximum absolute atomic E-state index is 11.5. The minimum atomic E-state index is -1.04. The first kappa shape index (κ1) is 11.4. The van der Waals surface area contributed by atoms with Crippen LogP contribution in [-0.2, 0) is 17.8 Å². The van der Waals surface area contributed by atoms with Gasteiger partial charge in [0.05, 0.1) is 0 Å². The Balaban J connectivity index is 3.10. The second-order valence-corrected chi connectivity index (χ2v) is 3.36. The monoisotopic (exact) mass is 210 g/mol. The molecule has 0 fully saturated rings. The molecule has 0 bridgehead atoms. The number of carboxylic acids is 1. The predicted octanol–water partition coefficient (Wildman–Crippen LogP) is 0.589. The summed E-state index contributed by atoms with van der Waals surface area (Å²) < 4.78 is 1.15. The van der Waals surface area contributed by atoms with Gasteiger partial charge in [-0.2, -0.15) is 0 Å². The molecule has 1 rings (SSSR count). The highest BCUT2D eigenvalue weighted by Crippen LogP contribution is 1.98. The molecule has 0 unspecified atom stereocenters. The van der Waals surface area contributed by atoms with Gasteiger partial charge in [-0.1, -0.05) is 13.3 Å². The number of carboxylic acid groups (broad SMARTS) is 1. The van der Waals surface area contributed by atoms with Gasteiger partial charge in [0, 0.05) is 11.8 Å². The summed E-state index contributed by atoms with van der Waals surface area (Å²) in [5.74, 6) is -0.585. The standard InChI is InChI=1S/C10H14N2O3/c1-3-4-8-5-9(13)12(6-10(14)15)7(2)11-8/h5H,3-4,6H2,1-2H3,(H,14,15). The van der Waals surface area contributed by atoms with Gasteiger partial charge in [0.2, 0.25) is 0 Å². The van der Waals surface area contributed by atoms with Crippen molar-refractivity contribution >= 4 is 5.97 Å². The van der Waals surface area contributed by atoms with Crippen LogP contribution in [0.3, 0.4) is 0 Å². The summed E-state index contributed by atoms with van der Waals surface area (Å²) in [4.78, 5) is 26.2. The van der Waals surface area contributed by atoms with Crippen LogP contribution in [0.1, 0.15) is 24.9 Å². The Kier molecular flexibility index (Phi) is 3.60. The highest BCUT2D eigenvalue weighted by atomic mass is 16.4. The quantitative estimate of drug-likeness (QED) is 0.789. The van der Waals surface area contributed by atoms with E-state index in [9.17, 15) is 9.59 Å². The SMILES string of the molecule is CCCc1cc(=O)n(CC(=O)O)c(C)n1. The predicted molar refractivity (Wildman–Crippen MR) is 54.9 cm³/mol. The number of aryl methyl sites for hydroxylation is 2. The van der Waals surface area contributed by atoms with Gasteiger partial charge in [0.25, 0.3) is 5.56 Å². The summed E-state index contributed by atoms with van der Waals surface area (Å²) in [5, 5.41) is 8.60. The summed E-state index contributed by atoms with van der Waals surface area (Å²) in [7, 11) is 0. The van der Waals surface area contributed by atoms with E-state index in [1.54, 1.807) is 6.92 Å². The molecule has 5 nitrogen and oxygen atoms in total. The zero-order chi connectivity index (χ0) is 11.4. The van der Waals surface area contributed by atoms with Gasteiger partial charge in [0.1, 0.15) is 12.4 Å². The van der Waals surface area contributed by atoms with Crippen molar-refractivity contribution in [2.45, 2.75) is 33.2 Å². The molecule has 0 aliphatic rings. The van der Waals surface area contributed by atoms with E-state index >= 15 is 0 Å². The minimum Gasteiger partial charge on any atom is -0.480 e. The lowest BCUT2D eigenvalue weighted by molar-refractivity contribution is -0.137. The molecule has 0 aliphatic carbocycles. The first-order valence-electron chi connectivity index (χ1n) is 4.83. The maximum Gasteiger partial charge on any atom is 0.323 e. The molecule has 0 saturated heterocycles. The minimum absolute atomic E-state index is 0.298. The van der Waals surface area contributed by atoms with Gasteiger partial charge in [-0.05, 0) is 13.3 Å². The highest BCUT2D eigenvalue weighted by Gasteiger charge is 2.07. The van der Waals surface area contributed by atoms with Crippen LogP contribution in [-0.4, -0.2) is 20.6 Å². The van der Waals surface area contributed by atoms with Gasteiger partial charge in [-0.3, -0.25) is 14.2 Å². The molecule has 0 spiro atoms. The van der Waals surface area contributed by atoms with E-state index in [2.05, 4.69) is 4.98 Å². The average molecular weight is 210 g/mol. The zero-order valence-electron chi connectivity index (χ0n) is 8.86. The zero-order valence-corrected chi connectivity index (χ0v) is 8.86. The van der Waals surface area contributed by atoms with E-state index in [4.69, 9.17) is 5.11 Å². The summed E-state index contributed by atoms with van der Waals surface area (Å²) in [5.41, 5.74) is 0.426. The van der Waals surface area contributed by atoms with Gasteiger partial charge in [-0.15, -0.1) is 0 Å². The molecule has 1 N–H and O–H groups in total. The van der Waals surface area contributed by atoms with Crippen LogP contribution in [0.2, 0.25) is 0 Å². The normalized spacial score (nSPS) is 10.3. The van der Waals surface area contributed by atoms with Crippen LogP contribution < -0.4 is 5.56 Å². The number of rotatable bonds is 4. The van der Waals surface area contributed by atoms with Gasteiger partial charge in [-0.25, -0.2) is 4.98 Å². The first-order chi connectivity index (χ1) is 7.04. The molecule has 0 amide bonds. The van der Waals surface area contributed by atoms with Crippen LogP contribution in [0.25, 0.3) is 0 Å². The summed E-state index contributed by atoms with van der Waals surface area (Å²) in [6.07, 6.45) is 1.65. The van der Waals surface area contributed by atoms with Crippen LogP contribution in [0.4, 0.5) is 0 Å². The van der Waals surface area contributed by atoms with Crippen molar-refractivity contribution in [1.82, 2.24) is 9.55 Å². The number of hydrogen-bond donors (Lipinski definition) is 1. The van der Waals surface area contributed by atoms with Crippen LogP contribution in [0.15, 0.2) is 10.9 Å². The van der Waals surface area contributed by atoms with Crippen molar-refractivity contribution in [3.63, 3.8) is 0 Å². The summed E-state index contributed by atoms with van der Waals surface area (Å²) >= 11 is 0. The fourth-order valence-electron chi connectivity index (χ4n) is 1.39. The van der Waals surface area contributed by atoms with Crippen LogP contribution >= 0.6 is 0 Å². The number of carbonyl (C=O) groups is 1. The Morgan fingerprint density at radius 2 is 2.27 bits per heavy atom. The Morgan fingerprint density at radius 3 is 2.73 bits per heavy atom. The van der Waals surface area contributed by atoms with Crippen molar-refractivity contribution < 1.29 is 9.90 Å². The Morgan fingerprint density at radius 1 is 1.60 bits per heavy atom. The average Bonchev–Trinajstić information content (AvgIpc) is 2.11. The van der Waals surface area contributed by atoms with E-state index in [0.29, 0.717) is 5.82 Å². The topological polar surface area (TPSA) is 72.2 Å². The van der Waals surface area contributed by atoms with E-state index in [1.807, 2.05) is 6.92 Å². The third kappa shape index (κ3) is 2.90. The molecular weight excluding hydrogens is 196 g/mol. The molecule has 82 valence electrons. The number of nitrogens with zero attached hydrogens (tertiary/aromatic N) is 2. The van der Waals surface area contributed by atoms with Crippen molar-refractivity contribution in [2.75, 3.05) is 0 Å². The molecule has 1 heterocycles. The molecule has 15 heavy (non-hydrogen) atoms. The van der Waals surface area contributed by atoms with Crippen molar-refractivity contribution in [2.24, 2.45) is 0 Å². The Hall–Kier alpha value is -1.65. The molecule has 0 saturated carbocycles. The van der Waals surface area contributed by atoms with Crippen LogP contribution in [0, 0.1) is 6.92 Å². The summed E-state index contributed by atoms with van der Waals surface area (Å²) in [6, 6.07) is 1.40. The van der Waals surface area contributed by atoms with Crippen molar-refractivity contribution in [1.29, 1.82) is 0 Å². The fraction of sp³-hybridized carbons (Fsp3) is 0.500. The third-order valence-corrected chi connectivity index (χ3v) is 2.05. The first-order valence-corrected chi connectivity index (χ1v) is 4.83.